The molecule has 0 radical (unpaired) electrons. The third-order valence-corrected chi connectivity index (χ3v) is 3.97. The van der Waals surface area contributed by atoms with Gasteiger partial charge in [-0.3, -0.25) is 14.9 Å². The molecule has 2 aromatic carbocycles. The van der Waals surface area contributed by atoms with E-state index in [0.29, 0.717) is 5.69 Å². The number of hydrogen-bond acceptors (Lipinski definition) is 4. The first kappa shape index (κ1) is 19.3. The molecule has 0 aliphatic heterocycles. The maximum Gasteiger partial charge on any atom is 0.282 e. The van der Waals surface area contributed by atoms with Crippen LogP contribution in [-0.4, -0.2) is 20.8 Å². The summed E-state index contributed by atoms with van der Waals surface area (Å²) in [5, 5.41) is 16.4. The van der Waals surface area contributed by atoms with E-state index in [-0.39, 0.29) is 11.3 Å². The zero-order valence-corrected chi connectivity index (χ0v) is 15.3. The Bertz CT molecular complexity index is 776. The van der Waals surface area contributed by atoms with Gasteiger partial charge < -0.3 is 10.6 Å². The number of halogens is 3. The highest BCUT2D eigenvalue weighted by atomic mass is 35.6. The van der Waals surface area contributed by atoms with E-state index in [4.69, 9.17) is 34.8 Å². The van der Waals surface area contributed by atoms with Crippen molar-refractivity contribution in [3.63, 3.8) is 0 Å². The molecule has 2 rings (SSSR count). The molecule has 2 aromatic rings. The molecule has 6 nitrogen and oxygen atoms in total. The molecule has 1 amide bonds. The lowest BCUT2D eigenvalue weighted by molar-refractivity contribution is -0.385. The normalized spacial score (nSPS) is 12.3. The summed E-state index contributed by atoms with van der Waals surface area (Å²) < 4.78 is -1.88. The molecule has 0 saturated carbocycles. The number of carbonyl (C=O) groups excluding carboxylic acids is 1. The lowest BCUT2D eigenvalue weighted by Gasteiger charge is -2.27. The van der Waals surface area contributed by atoms with Gasteiger partial charge in [-0.05, 0) is 25.1 Å². The topological polar surface area (TPSA) is 84.3 Å². The smallest absolute Gasteiger partial charge is 0.282 e. The number of alkyl halides is 3. The molecule has 2 N–H and O–H groups in total. The van der Waals surface area contributed by atoms with Crippen molar-refractivity contribution < 1.29 is 9.72 Å². The number of hydrogen-bond donors (Lipinski definition) is 2. The molecule has 0 aliphatic rings. The highest BCUT2D eigenvalue weighted by Gasteiger charge is 2.35. The van der Waals surface area contributed by atoms with Crippen LogP contribution in [0.5, 0.6) is 0 Å². The molecule has 0 bridgehead atoms. The number of aryl methyl sites for hydroxylation is 1. The summed E-state index contributed by atoms with van der Waals surface area (Å²) in [7, 11) is 0. The van der Waals surface area contributed by atoms with Gasteiger partial charge in [0.15, 0.2) is 0 Å². The third kappa shape index (κ3) is 5.22. The van der Waals surface area contributed by atoms with Crippen LogP contribution in [0.2, 0.25) is 0 Å². The molecule has 0 saturated heterocycles. The second-order valence-corrected chi connectivity index (χ2v) is 7.60. The van der Waals surface area contributed by atoms with E-state index in [0.717, 1.165) is 5.56 Å². The SMILES string of the molecule is Cc1ccc(N[C@@H](NC(=O)c2ccccc2[N+](=O)[O-])C(Cl)(Cl)Cl)cc1. The van der Waals surface area contributed by atoms with Crippen LogP contribution in [0.4, 0.5) is 11.4 Å². The summed E-state index contributed by atoms with van der Waals surface area (Å²) in [5.41, 5.74) is 1.19. The van der Waals surface area contributed by atoms with Gasteiger partial charge in [-0.25, -0.2) is 0 Å². The summed E-state index contributed by atoms with van der Waals surface area (Å²) in [5.74, 6) is -0.733. The van der Waals surface area contributed by atoms with Crippen molar-refractivity contribution in [3.8, 4) is 0 Å². The molecule has 0 heterocycles. The minimum atomic E-state index is -1.88. The number of nitrogens with one attached hydrogen (secondary N) is 2. The lowest BCUT2D eigenvalue weighted by atomic mass is 10.1. The van der Waals surface area contributed by atoms with E-state index in [2.05, 4.69) is 10.6 Å². The Hall–Kier alpha value is -2.02. The van der Waals surface area contributed by atoms with Gasteiger partial charge in [-0.15, -0.1) is 0 Å². The largest absolute Gasteiger partial charge is 0.362 e. The van der Waals surface area contributed by atoms with Crippen molar-refractivity contribution in [1.29, 1.82) is 0 Å². The van der Waals surface area contributed by atoms with Gasteiger partial charge in [0.2, 0.25) is 3.79 Å². The van der Waals surface area contributed by atoms with Crippen LogP contribution in [0.15, 0.2) is 48.5 Å². The van der Waals surface area contributed by atoms with Gasteiger partial charge in [0.25, 0.3) is 11.6 Å². The monoisotopic (exact) mass is 401 g/mol. The van der Waals surface area contributed by atoms with E-state index in [1.807, 2.05) is 19.1 Å². The van der Waals surface area contributed by atoms with Crippen LogP contribution < -0.4 is 10.6 Å². The molecule has 0 fully saturated rings. The van der Waals surface area contributed by atoms with Crippen molar-refractivity contribution in [3.05, 3.63) is 69.8 Å². The maximum atomic E-state index is 12.4. The fourth-order valence-corrected chi connectivity index (χ4v) is 2.38. The Morgan fingerprint density at radius 1 is 1.12 bits per heavy atom. The Balaban J connectivity index is 2.24. The highest BCUT2D eigenvalue weighted by molar-refractivity contribution is 6.68. The molecule has 0 unspecified atom stereocenters. The van der Waals surface area contributed by atoms with Gasteiger partial charge in [-0.1, -0.05) is 64.6 Å². The molecule has 0 aromatic heterocycles. The van der Waals surface area contributed by atoms with Crippen molar-refractivity contribution in [2.75, 3.05) is 5.32 Å². The summed E-state index contributed by atoms with van der Waals surface area (Å²) >= 11 is 17.8. The number of nitro benzene ring substituents is 1. The molecular weight excluding hydrogens is 389 g/mol. The molecule has 0 spiro atoms. The number of rotatable bonds is 5. The van der Waals surface area contributed by atoms with E-state index < -0.39 is 20.8 Å². The Kier molecular flexibility index (Phi) is 6.11. The average Bonchev–Trinajstić information content (AvgIpc) is 2.55. The van der Waals surface area contributed by atoms with E-state index in [1.54, 1.807) is 12.1 Å². The summed E-state index contributed by atoms with van der Waals surface area (Å²) in [6.07, 6.45) is -1.10. The van der Waals surface area contributed by atoms with Gasteiger partial charge in [0.1, 0.15) is 11.7 Å². The lowest BCUT2D eigenvalue weighted by Crippen LogP contribution is -2.49. The number of anilines is 1. The molecule has 0 aliphatic carbocycles. The molecule has 25 heavy (non-hydrogen) atoms. The summed E-state index contributed by atoms with van der Waals surface area (Å²) in [6, 6.07) is 12.8. The first-order chi connectivity index (χ1) is 11.7. The van der Waals surface area contributed by atoms with Crippen LogP contribution in [0.3, 0.4) is 0 Å². The first-order valence-electron chi connectivity index (χ1n) is 7.12. The maximum absolute atomic E-state index is 12.4. The van der Waals surface area contributed by atoms with Crippen molar-refractivity contribution >= 4 is 52.1 Å². The minimum Gasteiger partial charge on any atom is -0.362 e. The van der Waals surface area contributed by atoms with Crippen LogP contribution >= 0.6 is 34.8 Å². The zero-order valence-electron chi connectivity index (χ0n) is 13.0. The van der Waals surface area contributed by atoms with Gasteiger partial charge >= 0.3 is 0 Å². The predicted octanol–water partition coefficient (Wildman–Crippen LogP) is 4.44. The number of para-hydroxylation sites is 1. The Morgan fingerprint density at radius 3 is 2.28 bits per heavy atom. The molecule has 132 valence electrons. The van der Waals surface area contributed by atoms with E-state index in [9.17, 15) is 14.9 Å². The fourth-order valence-electron chi connectivity index (χ4n) is 2.05. The number of nitrogens with zero attached hydrogens (tertiary/aromatic N) is 1. The van der Waals surface area contributed by atoms with E-state index in [1.165, 1.54) is 24.3 Å². The standard InChI is InChI=1S/C16H14Cl3N3O3/c1-10-6-8-11(9-7-10)20-15(16(17,18)19)21-14(23)12-4-2-3-5-13(12)22(24)25/h2-9,15,20H,1H3,(H,21,23)/t15-/m0/s1. The summed E-state index contributed by atoms with van der Waals surface area (Å²) in [6.45, 7) is 1.92. The number of amides is 1. The number of carbonyl (C=O) groups is 1. The average molecular weight is 403 g/mol. The quantitative estimate of drug-likeness (QED) is 0.335. The molecular formula is C16H14Cl3N3O3. The number of nitro groups is 1. The van der Waals surface area contributed by atoms with Crippen molar-refractivity contribution in [1.82, 2.24) is 5.32 Å². The van der Waals surface area contributed by atoms with Crippen molar-refractivity contribution in [2.45, 2.75) is 16.9 Å². The molecule has 1 atom stereocenters. The van der Waals surface area contributed by atoms with Gasteiger partial charge in [0.05, 0.1) is 4.92 Å². The highest BCUT2D eigenvalue weighted by Crippen LogP contribution is 2.31. The second kappa shape index (κ2) is 7.91. The zero-order chi connectivity index (χ0) is 18.6. The van der Waals surface area contributed by atoms with Crippen LogP contribution in [0.25, 0.3) is 0 Å². The molecule has 9 heteroatoms. The third-order valence-electron chi connectivity index (χ3n) is 3.31. The van der Waals surface area contributed by atoms with Crippen LogP contribution in [-0.2, 0) is 0 Å². The van der Waals surface area contributed by atoms with E-state index >= 15 is 0 Å². The van der Waals surface area contributed by atoms with Gasteiger partial charge in [0, 0.05) is 11.8 Å². The summed E-state index contributed by atoms with van der Waals surface area (Å²) in [4.78, 5) is 22.9. The van der Waals surface area contributed by atoms with Gasteiger partial charge in [-0.2, -0.15) is 0 Å². The Labute approximate surface area is 159 Å². The fraction of sp³-hybridized carbons (Fsp3) is 0.188. The first-order valence-corrected chi connectivity index (χ1v) is 8.26. The van der Waals surface area contributed by atoms with Crippen molar-refractivity contribution in [2.24, 2.45) is 0 Å². The minimum absolute atomic E-state index is 0.127. The number of benzene rings is 2. The van der Waals surface area contributed by atoms with Crippen LogP contribution in [0.1, 0.15) is 15.9 Å². The van der Waals surface area contributed by atoms with Crippen LogP contribution in [0, 0.1) is 17.0 Å². The Morgan fingerprint density at radius 2 is 1.72 bits per heavy atom. The predicted molar refractivity (Wildman–Crippen MR) is 99.4 cm³/mol. The second-order valence-electron chi connectivity index (χ2n) is 5.23.